The first-order chi connectivity index (χ1) is 6.77. The second kappa shape index (κ2) is 4.11. The zero-order chi connectivity index (χ0) is 9.97. The lowest BCUT2D eigenvalue weighted by Gasteiger charge is -2.19. The Morgan fingerprint density at radius 3 is 3.21 bits per heavy atom. The molecule has 1 aromatic heterocycles. The molecule has 3 atom stereocenters. The number of imidazole rings is 1. The van der Waals surface area contributed by atoms with Crippen molar-refractivity contribution < 1.29 is 9.84 Å². The van der Waals surface area contributed by atoms with Gasteiger partial charge in [-0.2, -0.15) is 0 Å². The number of nitrogens with one attached hydrogen (secondary N) is 1. The number of aromatic nitrogens is 2. The third-order valence-electron chi connectivity index (χ3n) is 2.89. The average Bonchev–Trinajstić information content (AvgIpc) is 2.75. The van der Waals surface area contributed by atoms with E-state index in [9.17, 15) is 5.11 Å². The van der Waals surface area contributed by atoms with Crippen LogP contribution in [0, 0.1) is 5.92 Å². The van der Waals surface area contributed by atoms with E-state index in [1.807, 2.05) is 6.92 Å². The summed E-state index contributed by atoms with van der Waals surface area (Å²) in [6.07, 6.45) is 4.83. The number of nitrogens with zero attached hydrogens (tertiary/aromatic N) is 1. The van der Waals surface area contributed by atoms with Gasteiger partial charge in [0.15, 0.2) is 0 Å². The minimum Gasteiger partial charge on any atom is -0.392 e. The Labute approximate surface area is 83.3 Å². The number of H-pyrrole nitrogens is 1. The molecule has 2 rings (SSSR count). The molecule has 4 nitrogen and oxygen atoms in total. The van der Waals surface area contributed by atoms with Gasteiger partial charge in [0.2, 0.25) is 0 Å². The van der Waals surface area contributed by atoms with Crippen LogP contribution in [0.1, 0.15) is 19.2 Å². The van der Waals surface area contributed by atoms with Crippen molar-refractivity contribution in [1.29, 1.82) is 0 Å². The smallest absolute Gasteiger partial charge is 0.108 e. The monoisotopic (exact) mass is 196 g/mol. The van der Waals surface area contributed by atoms with E-state index in [-0.39, 0.29) is 18.1 Å². The molecule has 14 heavy (non-hydrogen) atoms. The quantitative estimate of drug-likeness (QED) is 0.749. The summed E-state index contributed by atoms with van der Waals surface area (Å²) in [5, 5.41) is 9.95. The SMILES string of the molecule is CC1OCCC1C(O)Cc1ncc[nH]1. The van der Waals surface area contributed by atoms with Crippen LogP contribution in [0.5, 0.6) is 0 Å². The van der Waals surface area contributed by atoms with Gasteiger partial charge in [0, 0.05) is 31.3 Å². The molecule has 1 aliphatic rings. The van der Waals surface area contributed by atoms with E-state index in [4.69, 9.17) is 4.74 Å². The van der Waals surface area contributed by atoms with Crippen LogP contribution in [-0.2, 0) is 11.2 Å². The summed E-state index contributed by atoms with van der Waals surface area (Å²) in [6.45, 7) is 2.78. The van der Waals surface area contributed by atoms with Gasteiger partial charge in [-0.25, -0.2) is 4.98 Å². The Hall–Kier alpha value is -0.870. The standard InChI is InChI=1S/C10H16N2O2/c1-7-8(2-5-14-7)9(13)6-10-11-3-4-12-10/h3-4,7-9,13H,2,5-6H2,1H3,(H,11,12). The highest BCUT2D eigenvalue weighted by molar-refractivity contribution is 4.92. The van der Waals surface area contributed by atoms with Crippen LogP contribution in [0.2, 0.25) is 0 Å². The normalized spacial score (nSPS) is 29.3. The first-order valence-corrected chi connectivity index (χ1v) is 5.05. The molecule has 2 N–H and O–H groups in total. The highest BCUT2D eigenvalue weighted by Crippen LogP contribution is 2.25. The summed E-state index contributed by atoms with van der Waals surface area (Å²) in [5.74, 6) is 1.09. The van der Waals surface area contributed by atoms with Gasteiger partial charge in [-0.3, -0.25) is 0 Å². The van der Waals surface area contributed by atoms with Gasteiger partial charge in [-0.15, -0.1) is 0 Å². The van der Waals surface area contributed by atoms with Crippen molar-refractivity contribution >= 4 is 0 Å². The molecular formula is C10H16N2O2. The zero-order valence-corrected chi connectivity index (χ0v) is 8.31. The number of ether oxygens (including phenoxy) is 1. The third-order valence-corrected chi connectivity index (χ3v) is 2.89. The van der Waals surface area contributed by atoms with Crippen molar-refractivity contribution in [2.24, 2.45) is 5.92 Å². The second-order valence-corrected chi connectivity index (χ2v) is 3.84. The van der Waals surface area contributed by atoms with E-state index in [1.54, 1.807) is 12.4 Å². The van der Waals surface area contributed by atoms with E-state index in [2.05, 4.69) is 9.97 Å². The molecular weight excluding hydrogens is 180 g/mol. The first-order valence-electron chi connectivity index (χ1n) is 5.05. The van der Waals surface area contributed by atoms with Gasteiger partial charge in [0.1, 0.15) is 5.82 Å². The predicted molar refractivity (Wildman–Crippen MR) is 51.8 cm³/mol. The Bertz CT molecular complexity index is 274. The van der Waals surface area contributed by atoms with Gasteiger partial charge in [0.25, 0.3) is 0 Å². The fourth-order valence-electron chi connectivity index (χ4n) is 2.01. The van der Waals surface area contributed by atoms with Crippen molar-refractivity contribution in [3.63, 3.8) is 0 Å². The number of hydrogen-bond acceptors (Lipinski definition) is 3. The first kappa shape index (κ1) is 9.68. The molecule has 0 saturated carbocycles. The molecule has 0 spiro atoms. The molecule has 0 aliphatic carbocycles. The summed E-state index contributed by atoms with van der Waals surface area (Å²) >= 11 is 0. The molecule has 1 saturated heterocycles. The van der Waals surface area contributed by atoms with E-state index < -0.39 is 0 Å². The topological polar surface area (TPSA) is 58.1 Å². The minimum absolute atomic E-state index is 0.167. The van der Waals surface area contributed by atoms with Gasteiger partial charge in [-0.05, 0) is 13.3 Å². The van der Waals surface area contributed by atoms with Crippen LogP contribution < -0.4 is 0 Å². The van der Waals surface area contributed by atoms with Crippen LogP contribution in [0.25, 0.3) is 0 Å². The molecule has 78 valence electrons. The highest BCUT2D eigenvalue weighted by atomic mass is 16.5. The summed E-state index contributed by atoms with van der Waals surface area (Å²) in [6, 6.07) is 0. The number of rotatable bonds is 3. The Balaban J connectivity index is 1.92. The molecule has 3 unspecified atom stereocenters. The van der Waals surface area contributed by atoms with E-state index in [0.717, 1.165) is 18.9 Å². The Morgan fingerprint density at radius 2 is 2.64 bits per heavy atom. The van der Waals surface area contributed by atoms with Gasteiger partial charge < -0.3 is 14.8 Å². The molecule has 2 heterocycles. The summed E-state index contributed by atoms with van der Waals surface area (Å²) < 4.78 is 5.42. The maximum Gasteiger partial charge on any atom is 0.108 e. The van der Waals surface area contributed by atoms with E-state index >= 15 is 0 Å². The fourth-order valence-corrected chi connectivity index (χ4v) is 2.01. The lowest BCUT2D eigenvalue weighted by molar-refractivity contribution is 0.0432. The third kappa shape index (κ3) is 1.96. The van der Waals surface area contributed by atoms with Crippen LogP contribution in [0.4, 0.5) is 0 Å². The average molecular weight is 196 g/mol. The summed E-state index contributed by atoms with van der Waals surface area (Å²) in [4.78, 5) is 7.09. The maximum absolute atomic E-state index is 9.95. The highest BCUT2D eigenvalue weighted by Gasteiger charge is 2.30. The van der Waals surface area contributed by atoms with E-state index in [0.29, 0.717) is 6.42 Å². The lowest BCUT2D eigenvalue weighted by atomic mass is 9.93. The van der Waals surface area contributed by atoms with Crippen LogP contribution in [-0.4, -0.2) is 33.9 Å². The molecule has 0 aromatic carbocycles. The van der Waals surface area contributed by atoms with Crippen LogP contribution in [0.3, 0.4) is 0 Å². The molecule has 0 bridgehead atoms. The van der Waals surface area contributed by atoms with Gasteiger partial charge in [-0.1, -0.05) is 0 Å². The summed E-state index contributed by atoms with van der Waals surface area (Å²) in [5.41, 5.74) is 0. The molecule has 4 heteroatoms. The molecule has 1 aromatic rings. The Kier molecular flexibility index (Phi) is 2.84. The van der Waals surface area contributed by atoms with E-state index in [1.165, 1.54) is 0 Å². The second-order valence-electron chi connectivity index (χ2n) is 3.84. The van der Waals surface area contributed by atoms with Crippen molar-refractivity contribution in [3.8, 4) is 0 Å². The van der Waals surface area contributed by atoms with Crippen molar-refractivity contribution in [3.05, 3.63) is 18.2 Å². The zero-order valence-electron chi connectivity index (χ0n) is 8.31. The van der Waals surface area contributed by atoms with Crippen molar-refractivity contribution in [2.75, 3.05) is 6.61 Å². The van der Waals surface area contributed by atoms with Crippen LogP contribution >= 0.6 is 0 Å². The molecule has 0 radical (unpaired) electrons. The fraction of sp³-hybridized carbons (Fsp3) is 0.700. The molecule has 0 amide bonds. The number of hydrogen-bond donors (Lipinski definition) is 2. The van der Waals surface area contributed by atoms with Crippen LogP contribution in [0.15, 0.2) is 12.4 Å². The number of aliphatic hydroxyl groups is 1. The summed E-state index contributed by atoms with van der Waals surface area (Å²) in [7, 11) is 0. The van der Waals surface area contributed by atoms with Gasteiger partial charge >= 0.3 is 0 Å². The molecule has 1 fully saturated rings. The van der Waals surface area contributed by atoms with Crippen molar-refractivity contribution in [2.45, 2.75) is 32.0 Å². The number of aromatic amines is 1. The Morgan fingerprint density at radius 1 is 1.79 bits per heavy atom. The number of aliphatic hydroxyl groups excluding tert-OH is 1. The minimum atomic E-state index is -0.348. The lowest BCUT2D eigenvalue weighted by Crippen LogP contribution is -2.28. The largest absolute Gasteiger partial charge is 0.392 e. The van der Waals surface area contributed by atoms with Gasteiger partial charge in [0.05, 0.1) is 12.2 Å². The molecule has 1 aliphatic heterocycles. The predicted octanol–water partition coefficient (Wildman–Crippen LogP) is 0.738. The maximum atomic E-state index is 9.95. The van der Waals surface area contributed by atoms with Crippen molar-refractivity contribution in [1.82, 2.24) is 9.97 Å².